The molecule has 2 aromatic carbocycles. The average molecular weight is 437 g/mol. The third kappa shape index (κ3) is 3.88. The highest BCUT2D eigenvalue weighted by molar-refractivity contribution is 5.92. The van der Waals surface area contributed by atoms with Gasteiger partial charge in [0, 0.05) is 5.92 Å². The summed E-state index contributed by atoms with van der Waals surface area (Å²) in [7, 11) is 0. The Hall–Kier alpha value is -3.19. The molecule has 1 aliphatic carbocycles. The Kier molecular flexibility index (Phi) is 5.77. The second-order valence-corrected chi connectivity index (χ2v) is 8.78. The minimum atomic E-state index is -0.926. The predicted molar refractivity (Wildman–Crippen MR) is 119 cm³/mol. The quantitative estimate of drug-likeness (QED) is 0.776. The van der Waals surface area contributed by atoms with Gasteiger partial charge in [-0.1, -0.05) is 48.5 Å². The minimum Gasteiger partial charge on any atom is -0.449 e. The standard InChI is InChI=1S/C25H28N2O5/c1-15(23(29)27-22(16(2)28)14-32-25(27,3)4)26-24(30)31-13-21-19-11-7-5-9-17(19)18-10-6-8-12-20(18)21/h5-12,15,21-22H,13-14H2,1-4H3,(H,26,30)/t15-,22-/m0/s1. The molecule has 1 heterocycles. The van der Waals surface area contributed by atoms with E-state index in [4.69, 9.17) is 9.47 Å². The van der Waals surface area contributed by atoms with Gasteiger partial charge in [0.1, 0.15) is 24.4 Å². The van der Waals surface area contributed by atoms with E-state index >= 15 is 0 Å². The Bertz CT molecular complexity index is 1020. The smallest absolute Gasteiger partial charge is 0.407 e. The van der Waals surface area contributed by atoms with Crippen molar-refractivity contribution in [3.05, 3.63) is 59.7 Å². The second kappa shape index (κ2) is 8.39. The normalized spacial score (nSPS) is 19.8. The maximum atomic E-state index is 13.0. The van der Waals surface area contributed by atoms with E-state index in [0.717, 1.165) is 22.3 Å². The number of ether oxygens (including phenoxy) is 2. The van der Waals surface area contributed by atoms with Crippen LogP contribution in [0.1, 0.15) is 44.7 Å². The zero-order valence-corrected chi connectivity index (χ0v) is 18.8. The molecule has 2 aliphatic rings. The summed E-state index contributed by atoms with van der Waals surface area (Å²) in [5.41, 5.74) is 3.60. The van der Waals surface area contributed by atoms with Crippen LogP contribution in [0.15, 0.2) is 48.5 Å². The van der Waals surface area contributed by atoms with E-state index in [1.54, 1.807) is 20.8 Å². The molecular weight excluding hydrogens is 408 g/mol. The van der Waals surface area contributed by atoms with Crippen molar-refractivity contribution in [2.45, 2.75) is 51.4 Å². The molecule has 2 aromatic rings. The van der Waals surface area contributed by atoms with Gasteiger partial charge in [-0.3, -0.25) is 9.59 Å². The number of benzene rings is 2. The topological polar surface area (TPSA) is 84.9 Å². The van der Waals surface area contributed by atoms with Crippen molar-refractivity contribution in [1.29, 1.82) is 0 Å². The van der Waals surface area contributed by atoms with Crippen LogP contribution < -0.4 is 5.32 Å². The zero-order chi connectivity index (χ0) is 23.0. The molecule has 168 valence electrons. The Morgan fingerprint density at radius 2 is 1.66 bits per heavy atom. The number of carbonyl (C=O) groups excluding carboxylic acids is 3. The van der Waals surface area contributed by atoms with Gasteiger partial charge in [-0.15, -0.1) is 0 Å². The molecule has 0 unspecified atom stereocenters. The summed E-state index contributed by atoms with van der Waals surface area (Å²) in [4.78, 5) is 38.9. The lowest BCUT2D eigenvalue weighted by Gasteiger charge is -2.34. The fourth-order valence-corrected chi connectivity index (χ4v) is 4.61. The van der Waals surface area contributed by atoms with E-state index in [9.17, 15) is 14.4 Å². The van der Waals surface area contributed by atoms with E-state index in [2.05, 4.69) is 17.4 Å². The lowest BCUT2D eigenvalue weighted by molar-refractivity contribution is -0.150. The number of Topliss-reactive ketones (excluding diaryl/α,β-unsaturated/α-hetero) is 1. The minimum absolute atomic E-state index is 0.0628. The molecule has 0 saturated carbocycles. The molecule has 2 atom stereocenters. The number of alkyl carbamates (subject to hydrolysis) is 1. The molecule has 32 heavy (non-hydrogen) atoms. The number of ketones is 1. The number of fused-ring (bicyclic) bond motifs is 3. The van der Waals surface area contributed by atoms with Gasteiger partial charge < -0.3 is 19.7 Å². The predicted octanol–water partition coefficient (Wildman–Crippen LogP) is 3.47. The Morgan fingerprint density at radius 3 is 2.22 bits per heavy atom. The van der Waals surface area contributed by atoms with Crippen LogP contribution >= 0.6 is 0 Å². The van der Waals surface area contributed by atoms with Gasteiger partial charge in [0.2, 0.25) is 5.91 Å². The number of rotatable bonds is 5. The lowest BCUT2D eigenvalue weighted by atomic mass is 9.98. The summed E-state index contributed by atoms with van der Waals surface area (Å²) < 4.78 is 11.2. The first kappa shape index (κ1) is 22.0. The number of nitrogens with zero attached hydrogens (tertiary/aromatic N) is 1. The van der Waals surface area contributed by atoms with Crippen LogP contribution in [-0.2, 0) is 19.1 Å². The zero-order valence-electron chi connectivity index (χ0n) is 18.8. The highest BCUT2D eigenvalue weighted by Gasteiger charge is 2.47. The first-order chi connectivity index (χ1) is 15.2. The molecule has 1 fully saturated rings. The number of hydrogen-bond donors (Lipinski definition) is 1. The van der Waals surface area contributed by atoms with Crippen LogP contribution in [0.25, 0.3) is 11.1 Å². The molecule has 7 heteroatoms. The summed E-state index contributed by atoms with van der Waals surface area (Å²) in [6.07, 6.45) is -0.676. The van der Waals surface area contributed by atoms with E-state index < -0.39 is 23.9 Å². The lowest BCUT2D eigenvalue weighted by Crippen LogP contribution is -2.56. The molecular formula is C25H28N2O5. The highest BCUT2D eigenvalue weighted by Crippen LogP contribution is 2.44. The fraction of sp³-hybridized carbons (Fsp3) is 0.400. The summed E-state index contributed by atoms with van der Waals surface area (Å²) in [5.74, 6) is -0.606. The van der Waals surface area contributed by atoms with E-state index in [0.29, 0.717) is 0 Å². The Labute approximate surface area is 187 Å². The molecule has 0 aromatic heterocycles. The molecule has 1 N–H and O–H groups in total. The highest BCUT2D eigenvalue weighted by atomic mass is 16.5. The number of amides is 2. The van der Waals surface area contributed by atoms with Crippen molar-refractivity contribution >= 4 is 17.8 Å². The summed E-state index contributed by atoms with van der Waals surface area (Å²) in [5, 5.41) is 2.61. The molecule has 4 rings (SSSR count). The van der Waals surface area contributed by atoms with E-state index in [1.807, 2.05) is 36.4 Å². The van der Waals surface area contributed by atoms with Gasteiger partial charge in [0.15, 0.2) is 5.78 Å². The second-order valence-electron chi connectivity index (χ2n) is 8.78. The Morgan fingerprint density at radius 1 is 1.09 bits per heavy atom. The summed E-state index contributed by atoms with van der Waals surface area (Å²) >= 11 is 0. The van der Waals surface area contributed by atoms with Crippen LogP contribution in [0.5, 0.6) is 0 Å². The molecule has 1 aliphatic heterocycles. The third-order valence-electron chi connectivity index (χ3n) is 6.24. The van der Waals surface area contributed by atoms with Gasteiger partial charge in [-0.2, -0.15) is 0 Å². The Balaban J connectivity index is 1.41. The molecule has 0 radical (unpaired) electrons. The van der Waals surface area contributed by atoms with Crippen molar-refractivity contribution in [2.75, 3.05) is 13.2 Å². The molecule has 0 spiro atoms. The largest absolute Gasteiger partial charge is 0.449 e. The van der Waals surface area contributed by atoms with Gasteiger partial charge in [-0.25, -0.2) is 4.79 Å². The van der Waals surface area contributed by atoms with Gasteiger partial charge >= 0.3 is 6.09 Å². The molecule has 7 nitrogen and oxygen atoms in total. The van der Waals surface area contributed by atoms with E-state index in [-0.39, 0.29) is 30.8 Å². The van der Waals surface area contributed by atoms with E-state index in [1.165, 1.54) is 11.8 Å². The third-order valence-corrected chi connectivity index (χ3v) is 6.24. The molecule has 0 bridgehead atoms. The molecule has 1 saturated heterocycles. The van der Waals surface area contributed by atoms with Crippen LogP contribution in [-0.4, -0.2) is 53.7 Å². The van der Waals surface area contributed by atoms with Crippen molar-refractivity contribution in [3.63, 3.8) is 0 Å². The van der Waals surface area contributed by atoms with Gasteiger partial charge in [0.05, 0.1) is 6.61 Å². The van der Waals surface area contributed by atoms with Crippen molar-refractivity contribution in [1.82, 2.24) is 10.2 Å². The fourth-order valence-electron chi connectivity index (χ4n) is 4.61. The van der Waals surface area contributed by atoms with Gasteiger partial charge in [0.25, 0.3) is 0 Å². The van der Waals surface area contributed by atoms with Crippen molar-refractivity contribution in [3.8, 4) is 11.1 Å². The first-order valence-electron chi connectivity index (χ1n) is 10.8. The average Bonchev–Trinajstić information content (AvgIpc) is 3.25. The maximum absolute atomic E-state index is 13.0. The summed E-state index contributed by atoms with van der Waals surface area (Å²) in [6.45, 7) is 6.78. The van der Waals surface area contributed by atoms with Gasteiger partial charge in [-0.05, 0) is 49.9 Å². The van der Waals surface area contributed by atoms with Crippen LogP contribution in [0.4, 0.5) is 4.79 Å². The van der Waals surface area contributed by atoms with Crippen molar-refractivity contribution in [2.24, 2.45) is 0 Å². The SMILES string of the molecule is CC(=O)[C@@H]1COC(C)(C)N1C(=O)[C@H](C)NC(=O)OCC1c2ccccc2-c2ccccc21. The van der Waals surface area contributed by atoms with Crippen molar-refractivity contribution < 1.29 is 23.9 Å². The summed E-state index contributed by atoms with van der Waals surface area (Å²) in [6, 6.07) is 14.6. The number of hydrogen-bond acceptors (Lipinski definition) is 5. The first-order valence-corrected chi connectivity index (χ1v) is 10.8. The van der Waals surface area contributed by atoms with Crippen LogP contribution in [0, 0.1) is 0 Å². The number of carbonyl (C=O) groups is 3. The molecule has 2 amide bonds. The number of nitrogens with one attached hydrogen (secondary N) is 1. The maximum Gasteiger partial charge on any atom is 0.407 e. The van der Waals surface area contributed by atoms with Crippen LogP contribution in [0.2, 0.25) is 0 Å². The van der Waals surface area contributed by atoms with Crippen LogP contribution in [0.3, 0.4) is 0 Å². The monoisotopic (exact) mass is 436 g/mol.